The number of hydrogen-bond donors (Lipinski definition) is 2. The molecular formula is C20H28ClNO3. The zero-order valence-electron chi connectivity index (χ0n) is 15.1. The number of hydrogen-bond acceptors (Lipinski definition) is 4. The first-order valence-electron chi connectivity index (χ1n) is 8.34. The monoisotopic (exact) mass is 365 g/mol. The molecule has 1 atom stereocenters. The van der Waals surface area contributed by atoms with Crippen LogP contribution in [0.3, 0.4) is 0 Å². The molecule has 0 aliphatic carbocycles. The van der Waals surface area contributed by atoms with Crippen molar-refractivity contribution in [2.24, 2.45) is 0 Å². The van der Waals surface area contributed by atoms with Crippen LogP contribution in [0.25, 0.3) is 0 Å². The van der Waals surface area contributed by atoms with E-state index < -0.39 is 0 Å². The molecule has 2 rings (SSSR count). The van der Waals surface area contributed by atoms with Crippen molar-refractivity contribution in [2.75, 3.05) is 20.8 Å². The van der Waals surface area contributed by atoms with E-state index in [4.69, 9.17) is 9.47 Å². The molecule has 0 aliphatic rings. The van der Waals surface area contributed by atoms with Crippen molar-refractivity contribution in [2.45, 2.75) is 32.2 Å². The Morgan fingerprint density at radius 2 is 1.56 bits per heavy atom. The van der Waals surface area contributed by atoms with Gasteiger partial charge in [0.05, 0.1) is 14.2 Å². The number of aromatic hydroxyl groups is 1. The van der Waals surface area contributed by atoms with E-state index in [2.05, 4.69) is 18.3 Å². The average Bonchev–Trinajstić information content (AvgIpc) is 2.61. The van der Waals surface area contributed by atoms with Gasteiger partial charge in [-0.3, -0.25) is 0 Å². The fourth-order valence-corrected chi connectivity index (χ4v) is 2.65. The second-order valence-electron chi connectivity index (χ2n) is 6.00. The number of ether oxygens (including phenoxy) is 2. The summed E-state index contributed by atoms with van der Waals surface area (Å²) in [7, 11) is 3.31. The molecule has 0 bridgehead atoms. The van der Waals surface area contributed by atoms with Gasteiger partial charge in [0.25, 0.3) is 0 Å². The Kier molecular flexibility index (Phi) is 9.17. The Bertz CT molecular complexity index is 631. The number of phenolic OH excluding ortho intramolecular Hbond substituents is 1. The standard InChI is InChI=1S/C20H27NO3.ClH/c1-15(4-5-16-6-9-18(22)10-7-16)21-13-12-17-8-11-19(23-2)20(14-17)24-3;/h6-11,14-15,21-22H,4-5,12-13H2,1-3H3;1H. The summed E-state index contributed by atoms with van der Waals surface area (Å²) in [5.74, 6) is 1.85. The van der Waals surface area contributed by atoms with E-state index in [1.807, 2.05) is 24.3 Å². The molecule has 25 heavy (non-hydrogen) atoms. The zero-order valence-corrected chi connectivity index (χ0v) is 15.9. The maximum Gasteiger partial charge on any atom is 0.160 e. The Morgan fingerprint density at radius 3 is 2.20 bits per heavy atom. The molecule has 2 aromatic rings. The molecule has 0 amide bonds. The fraction of sp³-hybridized carbons (Fsp3) is 0.400. The molecule has 2 N–H and O–H groups in total. The molecule has 0 aromatic heterocycles. The third-order valence-corrected chi connectivity index (χ3v) is 4.16. The van der Waals surface area contributed by atoms with Crippen molar-refractivity contribution in [1.82, 2.24) is 5.32 Å². The van der Waals surface area contributed by atoms with Crippen molar-refractivity contribution >= 4 is 12.4 Å². The highest BCUT2D eigenvalue weighted by Crippen LogP contribution is 2.27. The van der Waals surface area contributed by atoms with Crippen molar-refractivity contribution < 1.29 is 14.6 Å². The Morgan fingerprint density at radius 1 is 0.920 bits per heavy atom. The largest absolute Gasteiger partial charge is 0.508 e. The minimum atomic E-state index is 0. The quantitative estimate of drug-likeness (QED) is 0.705. The van der Waals surface area contributed by atoms with Crippen molar-refractivity contribution in [3.8, 4) is 17.2 Å². The van der Waals surface area contributed by atoms with Crippen LogP contribution in [0, 0.1) is 0 Å². The summed E-state index contributed by atoms with van der Waals surface area (Å²) < 4.78 is 10.6. The van der Waals surface area contributed by atoms with Gasteiger partial charge in [0, 0.05) is 6.04 Å². The van der Waals surface area contributed by atoms with Gasteiger partial charge in [-0.15, -0.1) is 12.4 Å². The minimum absolute atomic E-state index is 0. The SMILES string of the molecule is COc1ccc(CCNC(C)CCc2ccc(O)cc2)cc1OC.Cl. The van der Waals surface area contributed by atoms with Crippen LogP contribution >= 0.6 is 12.4 Å². The number of phenols is 1. The molecule has 0 aliphatic heterocycles. The summed E-state index contributed by atoms with van der Waals surface area (Å²) in [4.78, 5) is 0. The van der Waals surface area contributed by atoms with Crippen LogP contribution in [-0.2, 0) is 12.8 Å². The normalized spacial score (nSPS) is 11.5. The van der Waals surface area contributed by atoms with Crippen LogP contribution < -0.4 is 14.8 Å². The van der Waals surface area contributed by atoms with Gasteiger partial charge >= 0.3 is 0 Å². The smallest absolute Gasteiger partial charge is 0.160 e. The molecule has 0 radical (unpaired) electrons. The Balaban J connectivity index is 0.00000312. The number of rotatable bonds is 9. The first kappa shape index (κ1) is 21.1. The maximum absolute atomic E-state index is 9.30. The number of halogens is 1. The molecule has 2 aromatic carbocycles. The molecule has 4 nitrogen and oxygen atoms in total. The summed E-state index contributed by atoms with van der Waals surface area (Å²) in [5.41, 5.74) is 2.48. The number of benzene rings is 2. The fourth-order valence-electron chi connectivity index (χ4n) is 2.65. The summed E-state index contributed by atoms with van der Waals surface area (Å²) in [6, 6.07) is 13.9. The highest BCUT2D eigenvalue weighted by Gasteiger charge is 2.06. The van der Waals surface area contributed by atoms with Gasteiger partial charge in [0.2, 0.25) is 0 Å². The van der Waals surface area contributed by atoms with E-state index in [-0.39, 0.29) is 12.4 Å². The molecule has 5 heteroatoms. The predicted molar refractivity (Wildman–Crippen MR) is 104 cm³/mol. The highest BCUT2D eigenvalue weighted by molar-refractivity contribution is 5.85. The second-order valence-corrected chi connectivity index (χ2v) is 6.00. The topological polar surface area (TPSA) is 50.7 Å². The van der Waals surface area contributed by atoms with Gasteiger partial charge in [-0.25, -0.2) is 0 Å². The molecular weight excluding hydrogens is 338 g/mol. The van der Waals surface area contributed by atoms with E-state index in [1.165, 1.54) is 11.1 Å². The van der Waals surface area contributed by atoms with Gasteiger partial charge in [-0.05, 0) is 68.1 Å². The van der Waals surface area contributed by atoms with Crippen LogP contribution in [0.1, 0.15) is 24.5 Å². The van der Waals surface area contributed by atoms with Gasteiger partial charge in [-0.2, -0.15) is 0 Å². The Hall–Kier alpha value is -1.91. The van der Waals surface area contributed by atoms with E-state index >= 15 is 0 Å². The number of methoxy groups -OCH3 is 2. The van der Waals surface area contributed by atoms with Crippen LogP contribution in [0.15, 0.2) is 42.5 Å². The molecule has 0 fully saturated rings. The van der Waals surface area contributed by atoms with Crippen molar-refractivity contribution in [3.63, 3.8) is 0 Å². The minimum Gasteiger partial charge on any atom is -0.508 e. The Labute approximate surface area is 156 Å². The van der Waals surface area contributed by atoms with Gasteiger partial charge in [0.15, 0.2) is 11.5 Å². The third-order valence-electron chi connectivity index (χ3n) is 4.16. The first-order valence-corrected chi connectivity index (χ1v) is 8.34. The molecule has 0 saturated heterocycles. The predicted octanol–water partition coefficient (Wildman–Crippen LogP) is 3.98. The lowest BCUT2D eigenvalue weighted by Crippen LogP contribution is -2.28. The zero-order chi connectivity index (χ0) is 17.4. The lowest BCUT2D eigenvalue weighted by atomic mass is 10.1. The average molecular weight is 366 g/mol. The van der Waals surface area contributed by atoms with Crippen LogP contribution in [0.2, 0.25) is 0 Å². The van der Waals surface area contributed by atoms with E-state index in [0.717, 1.165) is 37.3 Å². The maximum atomic E-state index is 9.30. The van der Waals surface area contributed by atoms with Crippen LogP contribution in [0.4, 0.5) is 0 Å². The summed E-state index contributed by atoms with van der Waals surface area (Å²) in [5, 5.41) is 12.9. The number of nitrogens with one attached hydrogen (secondary N) is 1. The third kappa shape index (κ3) is 6.85. The molecule has 0 spiro atoms. The summed E-state index contributed by atoms with van der Waals surface area (Å²) in [6.45, 7) is 3.13. The molecule has 0 heterocycles. The van der Waals surface area contributed by atoms with Crippen LogP contribution in [-0.4, -0.2) is 31.9 Å². The van der Waals surface area contributed by atoms with Crippen molar-refractivity contribution in [1.29, 1.82) is 0 Å². The molecule has 1 unspecified atom stereocenters. The van der Waals surface area contributed by atoms with Gasteiger partial charge in [0.1, 0.15) is 5.75 Å². The van der Waals surface area contributed by atoms with E-state index in [1.54, 1.807) is 26.4 Å². The molecule has 138 valence electrons. The number of aryl methyl sites for hydroxylation is 1. The second kappa shape index (κ2) is 10.9. The van der Waals surface area contributed by atoms with Gasteiger partial charge < -0.3 is 19.9 Å². The summed E-state index contributed by atoms with van der Waals surface area (Å²) >= 11 is 0. The first-order chi connectivity index (χ1) is 11.6. The van der Waals surface area contributed by atoms with E-state index in [9.17, 15) is 5.11 Å². The van der Waals surface area contributed by atoms with Gasteiger partial charge in [-0.1, -0.05) is 18.2 Å². The lowest BCUT2D eigenvalue weighted by molar-refractivity contribution is 0.354. The lowest BCUT2D eigenvalue weighted by Gasteiger charge is -2.14. The summed E-state index contributed by atoms with van der Waals surface area (Å²) in [6.07, 6.45) is 3.02. The molecule has 0 saturated carbocycles. The van der Waals surface area contributed by atoms with Crippen LogP contribution in [0.5, 0.6) is 17.2 Å². The van der Waals surface area contributed by atoms with E-state index in [0.29, 0.717) is 11.8 Å². The highest BCUT2D eigenvalue weighted by atomic mass is 35.5. The van der Waals surface area contributed by atoms with Crippen molar-refractivity contribution in [3.05, 3.63) is 53.6 Å².